The molecule has 108 valence electrons. The Bertz CT molecular complexity index is 481. The highest BCUT2D eigenvalue weighted by atomic mass is 32.1. The van der Waals surface area contributed by atoms with E-state index in [1.54, 1.807) is 0 Å². The van der Waals surface area contributed by atoms with Crippen LogP contribution in [0, 0.1) is 6.92 Å². The van der Waals surface area contributed by atoms with E-state index in [-0.39, 0.29) is 0 Å². The molecular formula is C16H23N3S. The molecule has 1 aliphatic carbocycles. The molecule has 1 N–H and O–H groups in total. The van der Waals surface area contributed by atoms with E-state index < -0.39 is 0 Å². The summed E-state index contributed by atoms with van der Waals surface area (Å²) in [6.07, 6.45) is 2.55. The van der Waals surface area contributed by atoms with E-state index in [2.05, 4.69) is 53.2 Å². The zero-order valence-electron chi connectivity index (χ0n) is 12.3. The third kappa shape index (κ3) is 3.06. The molecule has 2 fully saturated rings. The van der Waals surface area contributed by atoms with Gasteiger partial charge in [0, 0.05) is 37.4 Å². The van der Waals surface area contributed by atoms with Crippen LogP contribution in [-0.2, 0) is 0 Å². The first-order chi connectivity index (χ1) is 9.63. The molecule has 2 aliphatic rings. The van der Waals surface area contributed by atoms with Crippen molar-refractivity contribution in [3.05, 3.63) is 29.8 Å². The highest BCUT2D eigenvalue weighted by Crippen LogP contribution is 2.22. The molecule has 4 heteroatoms. The lowest BCUT2D eigenvalue weighted by Crippen LogP contribution is -2.56. The van der Waals surface area contributed by atoms with Crippen molar-refractivity contribution in [2.75, 3.05) is 24.5 Å². The fraction of sp³-hybridized carbons (Fsp3) is 0.562. The SMILES string of the molecule is Cc1ccc(N2CCN(C(=S)NC3CC3)CC2C)cc1. The van der Waals surface area contributed by atoms with Gasteiger partial charge in [-0.25, -0.2) is 0 Å². The molecular weight excluding hydrogens is 266 g/mol. The van der Waals surface area contributed by atoms with Crippen LogP contribution in [0.2, 0.25) is 0 Å². The van der Waals surface area contributed by atoms with Gasteiger partial charge < -0.3 is 15.1 Å². The van der Waals surface area contributed by atoms with Crippen molar-refractivity contribution in [3.8, 4) is 0 Å². The van der Waals surface area contributed by atoms with Crippen molar-refractivity contribution >= 4 is 23.0 Å². The van der Waals surface area contributed by atoms with E-state index in [0.29, 0.717) is 12.1 Å². The van der Waals surface area contributed by atoms with Gasteiger partial charge in [-0.1, -0.05) is 17.7 Å². The molecule has 1 heterocycles. The molecule has 3 nitrogen and oxygen atoms in total. The Kier molecular flexibility index (Phi) is 3.83. The van der Waals surface area contributed by atoms with E-state index in [9.17, 15) is 0 Å². The predicted octanol–water partition coefficient (Wildman–Crippen LogP) is 2.54. The molecule has 1 saturated carbocycles. The van der Waals surface area contributed by atoms with Gasteiger partial charge in [-0.2, -0.15) is 0 Å². The fourth-order valence-electron chi connectivity index (χ4n) is 2.76. The van der Waals surface area contributed by atoms with Crippen LogP contribution in [0.1, 0.15) is 25.3 Å². The number of hydrogen-bond donors (Lipinski definition) is 1. The van der Waals surface area contributed by atoms with E-state index in [0.717, 1.165) is 24.7 Å². The number of aryl methyl sites for hydroxylation is 1. The Morgan fingerprint density at radius 3 is 2.50 bits per heavy atom. The maximum absolute atomic E-state index is 5.51. The Labute approximate surface area is 126 Å². The third-order valence-corrected chi connectivity index (χ3v) is 4.56. The molecule has 1 aliphatic heterocycles. The van der Waals surface area contributed by atoms with Gasteiger partial charge in [0.25, 0.3) is 0 Å². The maximum Gasteiger partial charge on any atom is 0.169 e. The minimum atomic E-state index is 0.491. The summed E-state index contributed by atoms with van der Waals surface area (Å²) in [5, 5.41) is 4.39. The van der Waals surface area contributed by atoms with Gasteiger partial charge in [0.15, 0.2) is 5.11 Å². The number of hydrogen-bond acceptors (Lipinski definition) is 2. The molecule has 1 aromatic carbocycles. The summed E-state index contributed by atoms with van der Waals surface area (Å²) in [6, 6.07) is 9.96. The number of rotatable bonds is 2. The smallest absolute Gasteiger partial charge is 0.169 e. The zero-order valence-corrected chi connectivity index (χ0v) is 13.1. The van der Waals surface area contributed by atoms with Crippen molar-refractivity contribution in [1.29, 1.82) is 0 Å². The minimum absolute atomic E-state index is 0.491. The van der Waals surface area contributed by atoms with E-state index in [1.165, 1.54) is 24.1 Å². The molecule has 1 saturated heterocycles. The van der Waals surface area contributed by atoms with Crippen molar-refractivity contribution in [1.82, 2.24) is 10.2 Å². The number of thiocarbonyl (C=S) groups is 1. The molecule has 0 spiro atoms. The summed E-state index contributed by atoms with van der Waals surface area (Å²) in [5.74, 6) is 0. The molecule has 0 amide bonds. The van der Waals surface area contributed by atoms with Gasteiger partial charge in [0.05, 0.1) is 0 Å². The van der Waals surface area contributed by atoms with E-state index in [1.807, 2.05) is 0 Å². The van der Waals surface area contributed by atoms with Gasteiger partial charge in [-0.05, 0) is 51.0 Å². The Balaban J connectivity index is 1.61. The summed E-state index contributed by atoms with van der Waals surface area (Å²) in [7, 11) is 0. The standard InChI is InChI=1S/C16H23N3S/c1-12-3-7-15(8-4-12)19-10-9-18(11-13(19)2)16(20)17-14-5-6-14/h3-4,7-8,13-14H,5-6,9-11H2,1-2H3,(H,17,20). The lowest BCUT2D eigenvalue weighted by molar-refractivity contribution is 0.334. The average Bonchev–Trinajstić information content (AvgIpc) is 3.24. The van der Waals surface area contributed by atoms with Gasteiger partial charge in [0.2, 0.25) is 0 Å². The largest absolute Gasteiger partial charge is 0.365 e. The van der Waals surface area contributed by atoms with E-state index >= 15 is 0 Å². The molecule has 1 aromatic rings. The number of nitrogens with one attached hydrogen (secondary N) is 1. The fourth-order valence-corrected chi connectivity index (χ4v) is 3.09. The minimum Gasteiger partial charge on any atom is -0.365 e. The normalized spacial score (nSPS) is 22.8. The van der Waals surface area contributed by atoms with Crippen LogP contribution in [-0.4, -0.2) is 41.7 Å². The summed E-state index contributed by atoms with van der Waals surface area (Å²) in [6.45, 7) is 7.47. The van der Waals surface area contributed by atoms with Crippen LogP contribution in [0.15, 0.2) is 24.3 Å². The van der Waals surface area contributed by atoms with Gasteiger partial charge in [0.1, 0.15) is 0 Å². The van der Waals surface area contributed by atoms with Crippen molar-refractivity contribution < 1.29 is 0 Å². The first-order valence-electron chi connectivity index (χ1n) is 7.52. The van der Waals surface area contributed by atoms with Crippen LogP contribution in [0.3, 0.4) is 0 Å². The average molecular weight is 289 g/mol. The third-order valence-electron chi connectivity index (χ3n) is 4.19. The van der Waals surface area contributed by atoms with Crippen LogP contribution in [0.5, 0.6) is 0 Å². The van der Waals surface area contributed by atoms with Gasteiger partial charge >= 0.3 is 0 Å². The predicted molar refractivity (Wildman–Crippen MR) is 88.3 cm³/mol. The Morgan fingerprint density at radius 2 is 1.90 bits per heavy atom. The zero-order chi connectivity index (χ0) is 14.1. The topological polar surface area (TPSA) is 18.5 Å². The van der Waals surface area contributed by atoms with Crippen LogP contribution in [0.25, 0.3) is 0 Å². The molecule has 20 heavy (non-hydrogen) atoms. The second-order valence-corrected chi connectivity index (χ2v) is 6.43. The van der Waals surface area contributed by atoms with Crippen LogP contribution < -0.4 is 10.2 Å². The first-order valence-corrected chi connectivity index (χ1v) is 7.93. The highest BCUT2D eigenvalue weighted by molar-refractivity contribution is 7.80. The number of nitrogens with zero attached hydrogens (tertiary/aromatic N) is 2. The highest BCUT2D eigenvalue weighted by Gasteiger charge is 2.28. The number of benzene rings is 1. The number of piperazine rings is 1. The summed E-state index contributed by atoms with van der Waals surface area (Å²) < 4.78 is 0. The van der Waals surface area contributed by atoms with E-state index in [4.69, 9.17) is 12.2 Å². The molecule has 0 aromatic heterocycles. The monoisotopic (exact) mass is 289 g/mol. The van der Waals surface area contributed by atoms with Crippen molar-refractivity contribution in [2.45, 2.75) is 38.8 Å². The van der Waals surface area contributed by atoms with Crippen molar-refractivity contribution in [3.63, 3.8) is 0 Å². The molecule has 1 atom stereocenters. The molecule has 0 radical (unpaired) electrons. The lowest BCUT2D eigenvalue weighted by atomic mass is 10.1. The molecule has 3 rings (SSSR count). The lowest BCUT2D eigenvalue weighted by Gasteiger charge is -2.42. The maximum atomic E-state index is 5.51. The summed E-state index contributed by atoms with van der Waals surface area (Å²) >= 11 is 5.51. The second kappa shape index (κ2) is 5.60. The van der Waals surface area contributed by atoms with Crippen LogP contribution in [0.4, 0.5) is 5.69 Å². The Morgan fingerprint density at radius 1 is 1.20 bits per heavy atom. The van der Waals surface area contributed by atoms with Crippen LogP contribution >= 0.6 is 12.2 Å². The Hall–Kier alpha value is -1.29. The number of anilines is 1. The second-order valence-electron chi connectivity index (χ2n) is 6.05. The summed E-state index contributed by atoms with van der Waals surface area (Å²) in [4.78, 5) is 4.80. The molecule has 0 bridgehead atoms. The quantitative estimate of drug-likeness (QED) is 0.843. The first kappa shape index (κ1) is 13.7. The van der Waals surface area contributed by atoms with Gasteiger partial charge in [-0.15, -0.1) is 0 Å². The van der Waals surface area contributed by atoms with Crippen molar-refractivity contribution in [2.24, 2.45) is 0 Å². The van der Waals surface area contributed by atoms with Gasteiger partial charge in [-0.3, -0.25) is 0 Å². The molecule has 1 unspecified atom stereocenters. The summed E-state index contributed by atoms with van der Waals surface area (Å²) in [5.41, 5.74) is 2.64.